The Labute approximate surface area is 157 Å². The third-order valence-electron chi connectivity index (χ3n) is 4.66. The molecule has 0 fully saturated rings. The maximum absolute atomic E-state index is 13.2. The van der Waals surface area contributed by atoms with Gasteiger partial charge in [-0.3, -0.25) is 4.79 Å². The van der Waals surface area contributed by atoms with Crippen molar-refractivity contribution in [1.29, 1.82) is 0 Å². The van der Waals surface area contributed by atoms with E-state index >= 15 is 0 Å². The van der Waals surface area contributed by atoms with Gasteiger partial charge in [0.1, 0.15) is 17.6 Å². The minimum atomic E-state index is -0.112. The van der Waals surface area contributed by atoms with Crippen molar-refractivity contribution < 1.29 is 14.3 Å². The Morgan fingerprint density at radius 1 is 1.22 bits per heavy atom. The molecule has 138 valence electrons. The van der Waals surface area contributed by atoms with Crippen LogP contribution in [0.5, 0.6) is 11.5 Å². The fourth-order valence-electron chi connectivity index (χ4n) is 3.28. The maximum Gasteiger partial charge on any atom is 0.261 e. The molecule has 1 unspecified atom stereocenters. The summed E-state index contributed by atoms with van der Waals surface area (Å²) in [7, 11) is 1.60. The van der Waals surface area contributed by atoms with E-state index in [0.717, 1.165) is 11.3 Å². The van der Waals surface area contributed by atoms with E-state index in [2.05, 4.69) is 5.10 Å². The summed E-state index contributed by atoms with van der Waals surface area (Å²) >= 11 is 0. The zero-order valence-corrected chi connectivity index (χ0v) is 15.5. The molecule has 4 rings (SSSR count). The molecule has 0 bridgehead atoms. The van der Waals surface area contributed by atoms with Gasteiger partial charge < -0.3 is 14.4 Å². The van der Waals surface area contributed by atoms with Gasteiger partial charge in [-0.2, -0.15) is 5.10 Å². The highest BCUT2D eigenvalue weighted by atomic mass is 16.5. The Morgan fingerprint density at radius 2 is 2.04 bits per heavy atom. The van der Waals surface area contributed by atoms with Crippen molar-refractivity contribution in [2.45, 2.75) is 20.0 Å². The monoisotopic (exact) mass is 363 g/mol. The molecular formula is C21H21N3O3. The van der Waals surface area contributed by atoms with Gasteiger partial charge in [-0.15, -0.1) is 0 Å². The Balaban J connectivity index is 1.69. The molecule has 2 aromatic carbocycles. The highest BCUT2D eigenvalue weighted by Gasteiger charge is 2.29. The van der Waals surface area contributed by atoms with Crippen LogP contribution in [0.3, 0.4) is 0 Å². The summed E-state index contributed by atoms with van der Waals surface area (Å²) in [5, 5.41) is 4.39. The number of methoxy groups -OCH3 is 1. The van der Waals surface area contributed by atoms with Gasteiger partial charge in [-0.05, 0) is 37.6 Å². The molecular weight excluding hydrogens is 342 g/mol. The number of rotatable bonds is 3. The Hall–Kier alpha value is -3.28. The Morgan fingerprint density at radius 3 is 2.81 bits per heavy atom. The second-order valence-electron chi connectivity index (χ2n) is 6.64. The van der Waals surface area contributed by atoms with Crippen molar-refractivity contribution in [3.8, 4) is 17.2 Å². The smallest absolute Gasteiger partial charge is 0.261 e. The average molecular weight is 363 g/mol. The number of carbonyl (C=O) groups excluding carboxylic acids is 1. The number of nitrogens with zero attached hydrogens (tertiary/aromatic N) is 3. The molecule has 1 atom stereocenters. The standard InChI is InChI=1S/C21H21N3O3/c1-14-6-4-5-7-18(14)24-13-16(11-22-24)21(25)23-12-15(2)27-20-9-8-17(26-3)10-19(20)23/h4-11,13,15H,12H2,1-3H3. The lowest BCUT2D eigenvalue weighted by Gasteiger charge is -2.33. The van der Waals surface area contributed by atoms with Crippen LogP contribution in [0.2, 0.25) is 0 Å². The van der Waals surface area contributed by atoms with Crippen molar-refractivity contribution >= 4 is 11.6 Å². The van der Waals surface area contributed by atoms with Gasteiger partial charge in [0.05, 0.1) is 36.8 Å². The molecule has 3 aromatic rings. The normalized spacial score (nSPS) is 15.8. The van der Waals surface area contributed by atoms with Gasteiger partial charge in [0.25, 0.3) is 5.91 Å². The zero-order valence-electron chi connectivity index (χ0n) is 15.5. The van der Waals surface area contributed by atoms with Crippen LogP contribution in [0.4, 0.5) is 5.69 Å². The highest BCUT2D eigenvalue weighted by Crippen LogP contribution is 2.37. The average Bonchev–Trinajstić information content (AvgIpc) is 3.16. The van der Waals surface area contributed by atoms with Crippen molar-refractivity contribution in [2.24, 2.45) is 0 Å². The summed E-state index contributed by atoms with van der Waals surface area (Å²) in [5.41, 5.74) is 3.28. The van der Waals surface area contributed by atoms with Gasteiger partial charge in [0.2, 0.25) is 0 Å². The molecule has 6 nitrogen and oxygen atoms in total. The quantitative estimate of drug-likeness (QED) is 0.713. The molecule has 0 N–H and O–H groups in total. The number of anilines is 1. The lowest BCUT2D eigenvalue weighted by atomic mass is 10.1. The van der Waals surface area contributed by atoms with E-state index in [4.69, 9.17) is 9.47 Å². The predicted molar refractivity (Wildman–Crippen MR) is 103 cm³/mol. The minimum Gasteiger partial charge on any atom is -0.497 e. The van der Waals surface area contributed by atoms with Crippen LogP contribution in [0.15, 0.2) is 54.9 Å². The van der Waals surface area contributed by atoms with E-state index in [9.17, 15) is 4.79 Å². The first-order chi connectivity index (χ1) is 13.1. The molecule has 2 heterocycles. The third kappa shape index (κ3) is 3.14. The molecule has 0 saturated heterocycles. The molecule has 1 amide bonds. The molecule has 0 spiro atoms. The SMILES string of the molecule is COc1ccc2c(c1)N(C(=O)c1cnn(-c3ccccc3C)c1)CC(C)O2. The molecule has 1 aliphatic rings. The van der Waals surface area contributed by atoms with Crippen LogP contribution >= 0.6 is 0 Å². The maximum atomic E-state index is 13.2. The number of hydrogen-bond donors (Lipinski definition) is 0. The molecule has 1 aliphatic heterocycles. The Kier molecular flexibility index (Phi) is 4.32. The third-order valence-corrected chi connectivity index (χ3v) is 4.66. The summed E-state index contributed by atoms with van der Waals surface area (Å²) in [6.45, 7) is 4.43. The highest BCUT2D eigenvalue weighted by molar-refractivity contribution is 6.07. The van der Waals surface area contributed by atoms with Crippen molar-refractivity contribution in [2.75, 3.05) is 18.6 Å². The summed E-state index contributed by atoms with van der Waals surface area (Å²) in [5.74, 6) is 1.24. The second kappa shape index (κ2) is 6.79. The van der Waals surface area contributed by atoms with E-state index in [-0.39, 0.29) is 12.0 Å². The summed E-state index contributed by atoms with van der Waals surface area (Å²) in [6.07, 6.45) is 3.28. The second-order valence-corrected chi connectivity index (χ2v) is 6.64. The first kappa shape index (κ1) is 17.1. The zero-order chi connectivity index (χ0) is 19.0. The first-order valence-electron chi connectivity index (χ1n) is 8.84. The lowest BCUT2D eigenvalue weighted by Crippen LogP contribution is -2.42. The fourth-order valence-corrected chi connectivity index (χ4v) is 3.28. The van der Waals surface area contributed by atoms with Crippen LogP contribution in [-0.4, -0.2) is 35.4 Å². The summed E-state index contributed by atoms with van der Waals surface area (Å²) in [4.78, 5) is 14.9. The van der Waals surface area contributed by atoms with Crippen molar-refractivity contribution in [3.05, 3.63) is 66.0 Å². The fraction of sp³-hybridized carbons (Fsp3) is 0.238. The first-order valence-corrected chi connectivity index (χ1v) is 8.84. The van der Waals surface area contributed by atoms with Crippen molar-refractivity contribution in [1.82, 2.24) is 9.78 Å². The summed E-state index contributed by atoms with van der Waals surface area (Å²) in [6, 6.07) is 13.4. The lowest BCUT2D eigenvalue weighted by molar-refractivity contribution is 0.0961. The minimum absolute atomic E-state index is 0.0961. The van der Waals surface area contributed by atoms with Crippen LogP contribution in [0.1, 0.15) is 22.8 Å². The van der Waals surface area contributed by atoms with E-state index in [1.807, 2.05) is 56.3 Å². The number of benzene rings is 2. The molecule has 27 heavy (non-hydrogen) atoms. The number of aromatic nitrogens is 2. The van der Waals surface area contributed by atoms with Crippen LogP contribution in [0, 0.1) is 6.92 Å². The Bertz CT molecular complexity index is 996. The van der Waals surface area contributed by atoms with Gasteiger partial charge >= 0.3 is 0 Å². The molecule has 0 aliphatic carbocycles. The van der Waals surface area contributed by atoms with E-state index in [1.54, 1.807) is 29.1 Å². The number of amides is 1. The summed E-state index contributed by atoms with van der Waals surface area (Å²) < 4.78 is 12.9. The number of fused-ring (bicyclic) bond motifs is 1. The van der Waals surface area contributed by atoms with Gasteiger partial charge in [0.15, 0.2) is 0 Å². The van der Waals surface area contributed by atoms with Crippen LogP contribution in [0.25, 0.3) is 5.69 Å². The van der Waals surface area contributed by atoms with E-state index < -0.39 is 0 Å². The van der Waals surface area contributed by atoms with Gasteiger partial charge in [0, 0.05) is 12.3 Å². The topological polar surface area (TPSA) is 56.6 Å². The van der Waals surface area contributed by atoms with Crippen molar-refractivity contribution in [3.63, 3.8) is 0 Å². The largest absolute Gasteiger partial charge is 0.497 e. The molecule has 1 aromatic heterocycles. The van der Waals surface area contributed by atoms with Gasteiger partial charge in [-0.25, -0.2) is 4.68 Å². The number of para-hydroxylation sites is 1. The van der Waals surface area contributed by atoms with E-state index in [1.165, 1.54) is 0 Å². The predicted octanol–water partition coefficient (Wildman–Crippen LogP) is 3.62. The molecule has 6 heteroatoms. The number of carbonyl (C=O) groups is 1. The number of aryl methyl sites for hydroxylation is 1. The number of hydrogen-bond acceptors (Lipinski definition) is 4. The van der Waals surface area contributed by atoms with Crippen LogP contribution in [-0.2, 0) is 0 Å². The van der Waals surface area contributed by atoms with Gasteiger partial charge in [-0.1, -0.05) is 18.2 Å². The number of ether oxygens (including phenoxy) is 2. The van der Waals surface area contributed by atoms with E-state index in [0.29, 0.717) is 29.3 Å². The molecule has 0 saturated carbocycles. The molecule has 0 radical (unpaired) electrons. The van der Waals surface area contributed by atoms with Crippen LogP contribution < -0.4 is 14.4 Å².